The van der Waals surface area contributed by atoms with Crippen LogP contribution in [0.2, 0.25) is 0 Å². The summed E-state index contributed by atoms with van der Waals surface area (Å²) in [5.74, 6) is 0. The summed E-state index contributed by atoms with van der Waals surface area (Å²) >= 11 is 3.24. The molecule has 0 aliphatic rings. The number of amides is 1. The second-order valence-corrected chi connectivity index (χ2v) is 8.70. The second-order valence-electron chi connectivity index (χ2n) is 6.37. The lowest BCUT2D eigenvalue weighted by atomic mass is 10.1. The zero-order valence-corrected chi connectivity index (χ0v) is 17.8. The van der Waals surface area contributed by atoms with E-state index in [1.54, 1.807) is 18.4 Å². The molecule has 142 valence electrons. The molecule has 3 aromatic rings. The minimum absolute atomic E-state index is 0.644. The molecule has 0 aliphatic heterocycles. The quantitative estimate of drug-likeness (QED) is 0.272. The van der Waals surface area contributed by atoms with Crippen molar-refractivity contribution in [1.29, 1.82) is 0 Å². The van der Waals surface area contributed by atoms with Gasteiger partial charge in [-0.15, -0.1) is 11.3 Å². The maximum Gasteiger partial charge on any atom is 0.215 e. The zero-order chi connectivity index (χ0) is 19.9. The van der Waals surface area contributed by atoms with Gasteiger partial charge in [-0.25, -0.2) is 4.99 Å². The highest BCUT2D eigenvalue weighted by molar-refractivity contribution is 8.17. The molecule has 0 spiro atoms. The zero-order valence-electron chi connectivity index (χ0n) is 16.1. The smallest absolute Gasteiger partial charge is 0.215 e. The number of carbonyl (C=O) groups is 1. The molecule has 1 amide bonds. The minimum Gasteiger partial charge on any atom is -0.297 e. The van der Waals surface area contributed by atoms with Crippen molar-refractivity contribution in [1.82, 2.24) is 4.90 Å². The molecular formula is C23H22N2OS2. The molecule has 3 rings (SSSR count). The largest absolute Gasteiger partial charge is 0.297 e. The van der Waals surface area contributed by atoms with Crippen LogP contribution in [0.25, 0.3) is 16.5 Å². The van der Waals surface area contributed by atoms with Gasteiger partial charge in [-0.3, -0.25) is 9.69 Å². The van der Waals surface area contributed by atoms with Gasteiger partial charge < -0.3 is 0 Å². The topological polar surface area (TPSA) is 32.7 Å². The molecule has 0 saturated heterocycles. The Morgan fingerprint density at radius 3 is 2.43 bits per heavy atom. The Labute approximate surface area is 174 Å². The predicted molar refractivity (Wildman–Crippen MR) is 123 cm³/mol. The number of amidine groups is 1. The van der Waals surface area contributed by atoms with Crippen molar-refractivity contribution in [3.63, 3.8) is 0 Å². The number of nitrogens with zero attached hydrogens (tertiary/aromatic N) is 2. The first-order chi connectivity index (χ1) is 13.5. The summed E-state index contributed by atoms with van der Waals surface area (Å²) in [4.78, 5) is 20.9. The molecule has 28 heavy (non-hydrogen) atoms. The number of carbonyl (C=O) groups excluding carboxylic acids is 1. The number of aryl methyl sites for hydroxylation is 1. The minimum atomic E-state index is 0.644. The summed E-state index contributed by atoms with van der Waals surface area (Å²) in [6.45, 7) is 4.13. The standard InChI is InChI=1S/C23H22N2OS2/c1-17-9-11-19(12-10-17)22-14-13-21(28-22)15-18(2)27-23(25(3)16-26)24-20-7-5-4-6-8-20/h4-16H,1-3H3/b18-15-,24-23?. The first kappa shape index (κ1) is 20.1. The SMILES string of the molecule is C/C(=C/c1ccc(-c2ccc(C)cc2)s1)SC(=Nc1ccccc1)N(C)C=O. The number of thioether (sulfide) groups is 1. The Morgan fingerprint density at radius 2 is 1.75 bits per heavy atom. The van der Waals surface area contributed by atoms with Crippen molar-refractivity contribution in [3.05, 3.63) is 82.1 Å². The molecule has 0 saturated carbocycles. The predicted octanol–water partition coefficient (Wildman–Crippen LogP) is 6.59. The van der Waals surface area contributed by atoms with Gasteiger partial charge in [0.05, 0.1) is 5.69 Å². The molecule has 0 N–H and O–H groups in total. The number of benzene rings is 2. The summed E-state index contributed by atoms with van der Waals surface area (Å²) in [5, 5.41) is 0.644. The Morgan fingerprint density at radius 1 is 1.04 bits per heavy atom. The van der Waals surface area contributed by atoms with E-state index in [1.807, 2.05) is 37.3 Å². The lowest BCUT2D eigenvalue weighted by Gasteiger charge is -2.13. The third-order valence-electron chi connectivity index (χ3n) is 4.00. The summed E-state index contributed by atoms with van der Waals surface area (Å²) in [5.41, 5.74) is 3.31. The third-order valence-corrected chi connectivity index (χ3v) is 6.08. The highest BCUT2D eigenvalue weighted by atomic mass is 32.2. The van der Waals surface area contributed by atoms with Crippen LogP contribution in [-0.2, 0) is 4.79 Å². The summed E-state index contributed by atoms with van der Waals surface area (Å²) in [6, 6.07) is 22.5. The van der Waals surface area contributed by atoms with Crippen molar-refractivity contribution in [3.8, 4) is 10.4 Å². The van der Waals surface area contributed by atoms with E-state index in [-0.39, 0.29) is 0 Å². The van der Waals surface area contributed by atoms with E-state index in [0.717, 1.165) is 17.0 Å². The first-order valence-electron chi connectivity index (χ1n) is 8.90. The fourth-order valence-electron chi connectivity index (χ4n) is 2.51. The average Bonchev–Trinajstić information content (AvgIpc) is 3.16. The van der Waals surface area contributed by atoms with Gasteiger partial charge in [-0.2, -0.15) is 0 Å². The molecule has 0 unspecified atom stereocenters. The Bertz CT molecular complexity index is 989. The number of thiophene rings is 1. The van der Waals surface area contributed by atoms with Crippen LogP contribution in [0.5, 0.6) is 0 Å². The normalized spacial score (nSPS) is 12.1. The van der Waals surface area contributed by atoms with Gasteiger partial charge in [-0.05, 0) is 54.7 Å². The lowest BCUT2D eigenvalue weighted by molar-refractivity contribution is -0.113. The van der Waals surface area contributed by atoms with Crippen molar-refractivity contribution < 1.29 is 4.79 Å². The van der Waals surface area contributed by atoms with Crippen LogP contribution in [0.3, 0.4) is 0 Å². The van der Waals surface area contributed by atoms with Crippen LogP contribution in [0.15, 0.2) is 76.6 Å². The fourth-order valence-corrected chi connectivity index (χ4v) is 4.41. The second kappa shape index (κ2) is 9.53. The molecule has 0 radical (unpaired) electrons. The van der Waals surface area contributed by atoms with Crippen LogP contribution < -0.4 is 0 Å². The molecule has 0 aliphatic carbocycles. The third kappa shape index (κ3) is 5.44. The Hall–Kier alpha value is -2.63. The van der Waals surface area contributed by atoms with Gasteiger partial charge in [-0.1, -0.05) is 59.8 Å². The highest BCUT2D eigenvalue weighted by Crippen LogP contribution is 2.31. The van der Waals surface area contributed by atoms with Crippen LogP contribution in [0.1, 0.15) is 17.4 Å². The summed E-state index contributed by atoms with van der Waals surface area (Å²) < 4.78 is 0. The van der Waals surface area contributed by atoms with Crippen molar-refractivity contribution >= 4 is 46.4 Å². The van der Waals surface area contributed by atoms with Crippen LogP contribution in [0.4, 0.5) is 5.69 Å². The number of para-hydroxylation sites is 1. The lowest BCUT2D eigenvalue weighted by Crippen LogP contribution is -2.21. The van der Waals surface area contributed by atoms with Gasteiger partial charge in [0.25, 0.3) is 0 Å². The summed E-state index contributed by atoms with van der Waals surface area (Å²) in [6.07, 6.45) is 2.91. The van der Waals surface area contributed by atoms with E-state index in [4.69, 9.17) is 0 Å². The maximum absolute atomic E-state index is 11.3. The first-order valence-corrected chi connectivity index (χ1v) is 10.5. The van der Waals surface area contributed by atoms with Gasteiger partial charge in [0.2, 0.25) is 6.41 Å². The van der Waals surface area contributed by atoms with E-state index >= 15 is 0 Å². The van der Waals surface area contributed by atoms with Crippen LogP contribution in [0, 0.1) is 6.92 Å². The molecule has 5 heteroatoms. The molecular weight excluding hydrogens is 384 g/mol. The monoisotopic (exact) mass is 406 g/mol. The van der Waals surface area contributed by atoms with Gasteiger partial charge >= 0.3 is 0 Å². The molecule has 0 bridgehead atoms. The van der Waals surface area contributed by atoms with E-state index in [0.29, 0.717) is 5.17 Å². The molecule has 1 heterocycles. The fraction of sp³-hybridized carbons (Fsp3) is 0.130. The van der Waals surface area contributed by atoms with Crippen molar-refractivity contribution in [2.24, 2.45) is 4.99 Å². The molecule has 1 aromatic heterocycles. The van der Waals surface area contributed by atoms with Gasteiger partial charge in [0.15, 0.2) is 5.17 Å². The number of allylic oxidation sites excluding steroid dienone is 1. The average molecular weight is 407 g/mol. The number of hydrogen-bond acceptors (Lipinski definition) is 4. The van der Waals surface area contributed by atoms with Crippen LogP contribution in [-0.4, -0.2) is 23.5 Å². The Kier molecular flexibility index (Phi) is 6.85. The van der Waals surface area contributed by atoms with Gasteiger partial charge in [0, 0.05) is 16.8 Å². The van der Waals surface area contributed by atoms with E-state index in [1.165, 1.54) is 37.5 Å². The van der Waals surface area contributed by atoms with Crippen LogP contribution >= 0.6 is 23.1 Å². The number of rotatable bonds is 5. The van der Waals surface area contributed by atoms with E-state index in [9.17, 15) is 4.79 Å². The molecule has 0 fully saturated rings. The number of hydrogen-bond donors (Lipinski definition) is 0. The van der Waals surface area contributed by atoms with Gasteiger partial charge in [0.1, 0.15) is 0 Å². The van der Waals surface area contributed by atoms with Crippen molar-refractivity contribution in [2.75, 3.05) is 7.05 Å². The van der Waals surface area contributed by atoms with E-state index < -0.39 is 0 Å². The van der Waals surface area contributed by atoms with Crippen molar-refractivity contribution in [2.45, 2.75) is 13.8 Å². The summed E-state index contributed by atoms with van der Waals surface area (Å²) in [7, 11) is 1.72. The number of aliphatic imine (C=N–C) groups is 1. The Balaban J connectivity index is 1.79. The molecule has 2 aromatic carbocycles. The molecule has 0 atom stereocenters. The highest BCUT2D eigenvalue weighted by Gasteiger charge is 2.09. The van der Waals surface area contributed by atoms with E-state index in [2.05, 4.69) is 54.4 Å². The molecule has 3 nitrogen and oxygen atoms in total. The maximum atomic E-state index is 11.3.